The van der Waals surface area contributed by atoms with Crippen molar-refractivity contribution in [3.05, 3.63) is 0 Å². The first-order valence-electron chi connectivity index (χ1n) is 7.99. The van der Waals surface area contributed by atoms with E-state index in [1.807, 2.05) is 0 Å². The maximum Gasteiger partial charge on any atom is 0.0660 e. The molecule has 0 N–H and O–H groups in total. The molecule has 1 saturated heterocycles. The van der Waals surface area contributed by atoms with E-state index in [0.717, 1.165) is 26.2 Å². The summed E-state index contributed by atoms with van der Waals surface area (Å²) in [6.07, 6.45) is 3.20. The number of ether oxygens (including phenoxy) is 2. The molecule has 112 valence electrons. The van der Waals surface area contributed by atoms with E-state index in [9.17, 15) is 0 Å². The number of fused-ring (bicyclic) bond motifs is 2. The van der Waals surface area contributed by atoms with Gasteiger partial charge >= 0.3 is 0 Å². The fourth-order valence-electron chi connectivity index (χ4n) is 3.63. The average Bonchev–Trinajstić information content (AvgIpc) is 2.63. The Labute approximate surface area is 118 Å². The van der Waals surface area contributed by atoms with Gasteiger partial charge in [0.2, 0.25) is 0 Å². The maximum absolute atomic E-state index is 6.19. The Kier molecular flexibility index (Phi) is 4.91. The molecular weight excluding hydrogens is 238 g/mol. The molecule has 1 aliphatic heterocycles. The van der Waals surface area contributed by atoms with Crippen molar-refractivity contribution in [1.29, 1.82) is 0 Å². The third-order valence-electron chi connectivity index (χ3n) is 5.28. The van der Waals surface area contributed by atoms with Crippen LogP contribution in [-0.2, 0) is 9.47 Å². The molecule has 0 amide bonds. The Morgan fingerprint density at radius 3 is 2.53 bits per heavy atom. The first kappa shape index (κ1) is 15.3. The van der Waals surface area contributed by atoms with Crippen LogP contribution in [0.15, 0.2) is 0 Å². The predicted octanol–water partition coefficient (Wildman–Crippen LogP) is 2.94. The maximum atomic E-state index is 6.19. The molecule has 0 aromatic carbocycles. The molecule has 0 aromatic rings. The van der Waals surface area contributed by atoms with Crippen molar-refractivity contribution in [2.45, 2.75) is 65.3 Å². The van der Waals surface area contributed by atoms with E-state index >= 15 is 0 Å². The zero-order valence-corrected chi connectivity index (χ0v) is 13.3. The fourth-order valence-corrected chi connectivity index (χ4v) is 3.63. The summed E-state index contributed by atoms with van der Waals surface area (Å²) in [5.74, 6) is 1.21. The lowest BCUT2D eigenvalue weighted by molar-refractivity contribution is -0.0663. The molecule has 0 aromatic heterocycles. The van der Waals surface area contributed by atoms with Crippen LogP contribution < -0.4 is 0 Å². The molecule has 1 heterocycles. The lowest BCUT2D eigenvalue weighted by Gasteiger charge is -2.34. The molecule has 2 fully saturated rings. The SMILES string of the molecule is CCN(CC)CCO[C@@H]1C[C@H]2C[C@H](OC2(C)C)[C@H]1C. The van der Waals surface area contributed by atoms with Crippen molar-refractivity contribution in [2.75, 3.05) is 26.2 Å². The Balaban J connectivity index is 1.82. The van der Waals surface area contributed by atoms with E-state index in [1.165, 1.54) is 12.8 Å². The van der Waals surface area contributed by atoms with E-state index in [4.69, 9.17) is 9.47 Å². The minimum Gasteiger partial charge on any atom is -0.377 e. The molecule has 1 aliphatic carbocycles. The summed E-state index contributed by atoms with van der Waals surface area (Å²) in [5.41, 5.74) is 0.0515. The van der Waals surface area contributed by atoms with Crippen molar-refractivity contribution < 1.29 is 9.47 Å². The molecule has 0 unspecified atom stereocenters. The number of hydrogen-bond acceptors (Lipinski definition) is 3. The Morgan fingerprint density at radius 1 is 1.21 bits per heavy atom. The van der Waals surface area contributed by atoms with Crippen molar-refractivity contribution >= 4 is 0 Å². The second kappa shape index (κ2) is 6.11. The van der Waals surface area contributed by atoms with E-state index in [-0.39, 0.29) is 5.60 Å². The minimum absolute atomic E-state index is 0.0515. The van der Waals surface area contributed by atoms with Crippen molar-refractivity contribution in [3.8, 4) is 0 Å². The number of likely N-dealkylation sites (N-methyl/N-ethyl adjacent to an activating group) is 1. The number of rotatable bonds is 6. The summed E-state index contributed by atoms with van der Waals surface area (Å²) in [6.45, 7) is 15.3. The van der Waals surface area contributed by atoms with Gasteiger partial charge < -0.3 is 14.4 Å². The van der Waals surface area contributed by atoms with E-state index in [0.29, 0.717) is 24.0 Å². The smallest absolute Gasteiger partial charge is 0.0660 e. The van der Waals surface area contributed by atoms with Crippen LogP contribution in [0.1, 0.15) is 47.5 Å². The van der Waals surface area contributed by atoms with Gasteiger partial charge in [-0.1, -0.05) is 20.8 Å². The average molecular weight is 269 g/mol. The second-order valence-electron chi connectivity index (χ2n) is 6.72. The first-order chi connectivity index (χ1) is 8.97. The molecule has 0 radical (unpaired) electrons. The quantitative estimate of drug-likeness (QED) is 0.740. The molecule has 0 spiro atoms. The van der Waals surface area contributed by atoms with Crippen LogP contribution in [-0.4, -0.2) is 49.0 Å². The molecular formula is C16H31NO2. The summed E-state index contributed by atoms with van der Waals surface area (Å²) >= 11 is 0. The minimum atomic E-state index is 0.0515. The first-order valence-corrected chi connectivity index (χ1v) is 7.99. The zero-order chi connectivity index (χ0) is 14.0. The third-order valence-corrected chi connectivity index (χ3v) is 5.28. The molecule has 2 bridgehead atoms. The van der Waals surface area contributed by atoms with Gasteiger partial charge in [-0.15, -0.1) is 0 Å². The summed E-state index contributed by atoms with van der Waals surface area (Å²) in [4.78, 5) is 2.42. The van der Waals surface area contributed by atoms with Gasteiger partial charge in [0.25, 0.3) is 0 Å². The number of hydrogen-bond donors (Lipinski definition) is 0. The fraction of sp³-hybridized carbons (Fsp3) is 1.00. The highest BCUT2D eigenvalue weighted by molar-refractivity contribution is 4.99. The van der Waals surface area contributed by atoms with Crippen LogP contribution in [0.5, 0.6) is 0 Å². The summed E-state index contributed by atoms with van der Waals surface area (Å²) in [6, 6.07) is 0. The normalized spacial score (nSPS) is 36.9. The summed E-state index contributed by atoms with van der Waals surface area (Å²) < 4.78 is 12.4. The highest BCUT2D eigenvalue weighted by Crippen LogP contribution is 2.47. The van der Waals surface area contributed by atoms with Crippen molar-refractivity contribution in [1.82, 2.24) is 4.90 Å². The van der Waals surface area contributed by atoms with Crippen molar-refractivity contribution in [2.24, 2.45) is 11.8 Å². The standard InChI is InChI=1S/C16H31NO2/c1-6-17(7-2)8-9-18-14-10-13-11-15(12(14)3)19-16(13,4)5/h12-15H,6-11H2,1-5H3/t12-,13-,14+,15-/m0/s1. The van der Waals surface area contributed by atoms with E-state index in [2.05, 4.69) is 39.5 Å². The van der Waals surface area contributed by atoms with Gasteiger partial charge in [0.1, 0.15) is 0 Å². The van der Waals surface area contributed by atoms with Gasteiger partial charge in [-0.05, 0) is 45.7 Å². The Bertz CT molecular complexity index is 288. The lowest BCUT2D eigenvalue weighted by Crippen LogP contribution is -2.38. The second-order valence-corrected chi connectivity index (χ2v) is 6.72. The Morgan fingerprint density at radius 2 is 1.89 bits per heavy atom. The van der Waals surface area contributed by atoms with Crippen LogP contribution >= 0.6 is 0 Å². The highest BCUT2D eigenvalue weighted by Gasteiger charge is 2.50. The number of nitrogens with zero attached hydrogens (tertiary/aromatic N) is 1. The lowest BCUT2D eigenvalue weighted by atomic mass is 9.76. The molecule has 19 heavy (non-hydrogen) atoms. The van der Waals surface area contributed by atoms with Crippen LogP contribution in [0.2, 0.25) is 0 Å². The summed E-state index contributed by atoms with van der Waals surface area (Å²) in [5, 5.41) is 0. The van der Waals surface area contributed by atoms with E-state index < -0.39 is 0 Å². The molecule has 2 aliphatic rings. The molecule has 3 heteroatoms. The zero-order valence-electron chi connectivity index (χ0n) is 13.3. The van der Waals surface area contributed by atoms with Crippen LogP contribution in [0, 0.1) is 11.8 Å². The third kappa shape index (κ3) is 3.32. The predicted molar refractivity (Wildman–Crippen MR) is 78.4 cm³/mol. The van der Waals surface area contributed by atoms with E-state index in [1.54, 1.807) is 0 Å². The van der Waals surface area contributed by atoms with Gasteiger partial charge in [-0.3, -0.25) is 0 Å². The molecule has 3 nitrogen and oxygen atoms in total. The van der Waals surface area contributed by atoms with Crippen LogP contribution in [0.3, 0.4) is 0 Å². The van der Waals surface area contributed by atoms with Gasteiger partial charge in [0.05, 0.1) is 24.4 Å². The molecule has 2 rings (SSSR count). The topological polar surface area (TPSA) is 21.7 Å². The van der Waals surface area contributed by atoms with Gasteiger partial charge in [0, 0.05) is 12.5 Å². The van der Waals surface area contributed by atoms with Crippen LogP contribution in [0.25, 0.3) is 0 Å². The Hall–Kier alpha value is -0.120. The van der Waals surface area contributed by atoms with Crippen molar-refractivity contribution in [3.63, 3.8) is 0 Å². The van der Waals surface area contributed by atoms with Gasteiger partial charge in [-0.2, -0.15) is 0 Å². The largest absolute Gasteiger partial charge is 0.377 e. The molecule has 4 atom stereocenters. The summed E-state index contributed by atoms with van der Waals surface area (Å²) in [7, 11) is 0. The van der Waals surface area contributed by atoms with Gasteiger partial charge in [0.15, 0.2) is 0 Å². The monoisotopic (exact) mass is 269 g/mol. The highest BCUT2D eigenvalue weighted by atomic mass is 16.5. The van der Waals surface area contributed by atoms with Crippen LogP contribution in [0.4, 0.5) is 0 Å². The van der Waals surface area contributed by atoms with Gasteiger partial charge in [-0.25, -0.2) is 0 Å². The molecule has 1 saturated carbocycles.